The van der Waals surface area contributed by atoms with E-state index in [1.807, 2.05) is 72.6 Å². The van der Waals surface area contributed by atoms with Crippen LogP contribution in [0.3, 0.4) is 0 Å². The van der Waals surface area contributed by atoms with E-state index in [2.05, 4.69) is 21.1 Å². The maximum Gasteiger partial charge on any atom is 0.241 e. The minimum atomic E-state index is -0.224. The van der Waals surface area contributed by atoms with Crippen LogP contribution in [0.25, 0.3) is 0 Å². The zero-order valence-corrected chi connectivity index (χ0v) is 20.0. The zero-order chi connectivity index (χ0) is 24.8. The van der Waals surface area contributed by atoms with Gasteiger partial charge in [0.25, 0.3) is 0 Å². The number of amides is 2. The van der Waals surface area contributed by atoms with Gasteiger partial charge < -0.3 is 9.47 Å². The molecule has 0 radical (unpaired) electrons. The highest BCUT2D eigenvalue weighted by Crippen LogP contribution is 2.11. The van der Waals surface area contributed by atoms with E-state index in [1.165, 1.54) is 0 Å². The highest BCUT2D eigenvalue weighted by molar-refractivity contribution is 5.83. The lowest BCUT2D eigenvalue weighted by Gasteiger charge is -2.28. The van der Waals surface area contributed by atoms with Crippen molar-refractivity contribution in [3.05, 3.63) is 59.7 Å². The van der Waals surface area contributed by atoms with Crippen molar-refractivity contribution in [1.29, 1.82) is 0 Å². The zero-order valence-electron chi connectivity index (χ0n) is 20.0. The largest absolute Gasteiger partial charge is 0.497 e. The summed E-state index contributed by atoms with van der Waals surface area (Å²) in [6.45, 7) is 0.877. The molecule has 2 amide bonds. The first-order chi connectivity index (χ1) is 16.4. The third kappa shape index (κ3) is 9.80. The van der Waals surface area contributed by atoms with Gasteiger partial charge in [0.1, 0.15) is 11.5 Å². The predicted octanol–water partition coefficient (Wildman–Crippen LogP) is 1.86. The maximum absolute atomic E-state index is 12.1. The fourth-order valence-corrected chi connectivity index (χ4v) is 2.89. The van der Waals surface area contributed by atoms with Crippen molar-refractivity contribution in [3.8, 4) is 11.5 Å². The lowest BCUT2D eigenvalue weighted by molar-refractivity contribution is -0.123. The summed E-state index contributed by atoms with van der Waals surface area (Å²) < 4.78 is 10.3. The van der Waals surface area contributed by atoms with Crippen LogP contribution in [0.15, 0.2) is 58.7 Å². The number of hydrogen-bond acceptors (Lipinski definition) is 8. The maximum atomic E-state index is 12.1. The molecule has 10 heteroatoms. The molecule has 0 saturated heterocycles. The molecule has 0 saturated carbocycles. The van der Waals surface area contributed by atoms with Gasteiger partial charge in [-0.05, 0) is 35.4 Å². The summed E-state index contributed by atoms with van der Waals surface area (Å²) in [6, 6.07) is 14.7. The van der Waals surface area contributed by atoms with Crippen molar-refractivity contribution < 1.29 is 19.1 Å². The second kappa shape index (κ2) is 14.4. The van der Waals surface area contributed by atoms with Crippen molar-refractivity contribution in [2.75, 3.05) is 41.4 Å². The lowest BCUT2D eigenvalue weighted by atomic mass is 10.2. The molecule has 0 aromatic heterocycles. The molecule has 0 fully saturated rings. The molecule has 0 aliphatic heterocycles. The number of hydrogen-bond donors (Lipinski definition) is 2. The van der Waals surface area contributed by atoms with Gasteiger partial charge in [-0.3, -0.25) is 9.59 Å². The minimum absolute atomic E-state index is 0.224. The summed E-state index contributed by atoms with van der Waals surface area (Å²) in [5.74, 6) is 0.982. The minimum Gasteiger partial charge on any atom is -0.497 e. The van der Waals surface area contributed by atoms with Crippen LogP contribution in [0.2, 0.25) is 0 Å². The molecule has 0 spiro atoms. The molecular formula is C24H32N6O4. The quantitative estimate of drug-likeness (QED) is 0.343. The number of nitrogens with one attached hydrogen (secondary N) is 2. The van der Waals surface area contributed by atoms with E-state index < -0.39 is 0 Å². The van der Waals surface area contributed by atoms with Gasteiger partial charge in [0.15, 0.2) is 0 Å². The normalized spacial score (nSPS) is 11.4. The van der Waals surface area contributed by atoms with Crippen LogP contribution in [-0.4, -0.2) is 75.7 Å². The number of nitrogens with zero attached hydrogens (tertiary/aromatic N) is 4. The molecule has 0 atom stereocenters. The summed E-state index contributed by atoms with van der Waals surface area (Å²) in [5, 5.41) is 11.7. The van der Waals surface area contributed by atoms with Crippen LogP contribution in [0.5, 0.6) is 11.5 Å². The average molecular weight is 469 g/mol. The first-order valence-electron chi connectivity index (χ1n) is 10.8. The number of carbonyl (C=O) groups is 2. The smallest absolute Gasteiger partial charge is 0.241 e. The van der Waals surface area contributed by atoms with E-state index in [-0.39, 0.29) is 24.7 Å². The highest BCUT2D eigenvalue weighted by Gasteiger charge is 2.12. The Labute approximate surface area is 200 Å². The van der Waals surface area contributed by atoms with E-state index in [1.54, 1.807) is 26.6 Å². The van der Waals surface area contributed by atoms with Gasteiger partial charge in [0.05, 0.1) is 26.6 Å². The predicted molar refractivity (Wildman–Crippen MR) is 132 cm³/mol. The second-order valence-corrected chi connectivity index (χ2v) is 7.44. The Morgan fingerprint density at radius 3 is 1.65 bits per heavy atom. The standard InChI is InChI=1S/C24H32N6O4/c1-29(2)30(13-11-23(31)27-25-17-19-7-5-9-21(15-19)33-3)14-12-24(32)28-26-18-20-8-6-10-22(16-20)34-4/h5-10,15-18H,11-14H2,1-4H3,(H,27,31)(H,28,32)/b25-17-,26-18+. The number of ether oxygens (including phenoxy) is 2. The molecule has 2 aromatic rings. The Balaban J connectivity index is 1.73. The molecule has 0 aliphatic carbocycles. The third-order valence-corrected chi connectivity index (χ3v) is 4.75. The molecule has 2 aromatic carbocycles. The summed E-state index contributed by atoms with van der Waals surface area (Å²) in [6.07, 6.45) is 3.56. The average Bonchev–Trinajstić information content (AvgIpc) is 2.84. The molecule has 2 N–H and O–H groups in total. The van der Waals surface area contributed by atoms with Crippen molar-refractivity contribution in [1.82, 2.24) is 20.9 Å². The number of hydrazone groups is 2. The molecule has 0 bridgehead atoms. The fourth-order valence-electron chi connectivity index (χ4n) is 2.89. The van der Waals surface area contributed by atoms with Crippen molar-refractivity contribution >= 4 is 24.2 Å². The monoisotopic (exact) mass is 468 g/mol. The van der Waals surface area contributed by atoms with Crippen LogP contribution in [0.1, 0.15) is 24.0 Å². The summed E-state index contributed by atoms with van der Waals surface area (Å²) in [4.78, 5) is 24.3. The van der Waals surface area contributed by atoms with Crippen LogP contribution < -0.4 is 20.3 Å². The van der Waals surface area contributed by atoms with Gasteiger partial charge in [-0.15, -0.1) is 0 Å². The van der Waals surface area contributed by atoms with Crippen LogP contribution in [-0.2, 0) is 9.59 Å². The topological polar surface area (TPSA) is 108 Å². The lowest BCUT2D eigenvalue weighted by Crippen LogP contribution is -2.41. The van der Waals surface area contributed by atoms with Gasteiger partial charge in [-0.2, -0.15) is 10.2 Å². The number of hydrazine groups is 1. The van der Waals surface area contributed by atoms with Gasteiger partial charge in [0.2, 0.25) is 11.8 Å². The third-order valence-electron chi connectivity index (χ3n) is 4.75. The van der Waals surface area contributed by atoms with Crippen molar-refractivity contribution in [2.45, 2.75) is 12.8 Å². The Bertz CT molecular complexity index is 917. The molecule has 0 unspecified atom stereocenters. The molecule has 182 valence electrons. The van der Waals surface area contributed by atoms with Gasteiger partial charge in [0, 0.05) is 40.0 Å². The van der Waals surface area contributed by atoms with E-state index in [9.17, 15) is 9.59 Å². The summed E-state index contributed by atoms with van der Waals surface area (Å²) >= 11 is 0. The Morgan fingerprint density at radius 1 is 0.824 bits per heavy atom. The summed E-state index contributed by atoms with van der Waals surface area (Å²) in [7, 11) is 6.90. The van der Waals surface area contributed by atoms with Gasteiger partial charge in [-0.25, -0.2) is 20.9 Å². The molecular weight excluding hydrogens is 436 g/mol. The number of benzene rings is 2. The molecule has 10 nitrogen and oxygen atoms in total. The molecule has 0 heterocycles. The first-order valence-corrected chi connectivity index (χ1v) is 10.8. The SMILES string of the molecule is COc1cccc(/C=N\NC(=O)CCN(CCC(=O)N/N=C/c2cccc(OC)c2)N(C)C)c1. The van der Waals surface area contributed by atoms with Crippen molar-refractivity contribution in [3.63, 3.8) is 0 Å². The molecule has 2 rings (SSSR count). The number of carbonyl (C=O) groups excluding carboxylic acids is 2. The van der Waals surface area contributed by atoms with Gasteiger partial charge in [-0.1, -0.05) is 24.3 Å². The molecule has 34 heavy (non-hydrogen) atoms. The van der Waals surface area contributed by atoms with E-state index >= 15 is 0 Å². The Kier molecular flexibility index (Phi) is 11.2. The molecule has 0 aliphatic rings. The Morgan fingerprint density at radius 2 is 1.26 bits per heavy atom. The van der Waals surface area contributed by atoms with E-state index in [0.717, 1.165) is 11.1 Å². The van der Waals surface area contributed by atoms with Crippen LogP contribution >= 0.6 is 0 Å². The first kappa shape index (κ1) is 26.5. The van der Waals surface area contributed by atoms with Crippen LogP contribution in [0, 0.1) is 0 Å². The van der Waals surface area contributed by atoms with Gasteiger partial charge >= 0.3 is 0 Å². The number of rotatable bonds is 13. The number of methoxy groups -OCH3 is 2. The van der Waals surface area contributed by atoms with Crippen molar-refractivity contribution in [2.24, 2.45) is 10.2 Å². The summed E-state index contributed by atoms with van der Waals surface area (Å²) in [5.41, 5.74) is 6.66. The van der Waals surface area contributed by atoms with Crippen LogP contribution in [0.4, 0.5) is 0 Å². The van der Waals surface area contributed by atoms with E-state index in [4.69, 9.17) is 9.47 Å². The highest BCUT2D eigenvalue weighted by atomic mass is 16.5. The van der Waals surface area contributed by atoms with E-state index in [0.29, 0.717) is 24.6 Å². The second-order valence-electron chi connectivity index (χ2n) is 7.44. The fraction of sp³-hybridized carbons (Fsp3) is 0.333. The Hall–Kier alpha value is -3.76.